The van der Waals surface area contributed by atoms with Crippen molar-refractivity contribution in [2.75, 3.05) is 6.61 Å². The minimum atomic E-state index is -0.436. The zero-order chi connectivity index (χ0) is 11.3. The molecule has 0 fully saturated rings. The molecule has 0 spiro atoms. The summed E-state index contributed by atoms with van der Waals surface area (Å²) < 4.78 is 0. The number of ketones is 2. The molecule has 0 aliphatic heterocycles. The summed E-state index contributed by atoms with van der Waals surface area (Å²) in [6.45, 7) is 1.93. The average molecular weight is 204 g/mol. The fraction of sp³-hybridized carbons (Fsp3) is 0.167. The van der Waals surface area contributed by atoms with Crippen LogP contribution in [-0.4, -0.2) is 23.3 Å². The number of allylic oxidation sites excluding steroid dienone is 1. The molecule has 3 nitrogen and oxygen atoms in total. The second-order valence-corrected chi connectivity index (χ2v) is 2.93. The smallest absolute Gasteiger partial charge is 0.233 e. The number of hydrogen-bond acceptors (Lipinski definition) is 3. The van der Waals surface area contributed by atoms with Crippen molar-refractivity contribution in [3.05, 3.63) is 41.5 Å². The van der Waals surface area contributed by atoms with Gasteiger partial charge in [-0.15, -0.1) is 0 Å². The lowest BCUT2D eigenvalue weighted by molar-refractivity contribution is -0.110. The first-order valence-electron chi connectivity index (χ1n) is 4.67. The van der Waals surface area contributed by atoms with E-state index in [9.17, 15) is 9.59 Å². The van der Waals surface area contributed by atoms with Crippen molar-refractivity contribution in [3.8, 4) is 0 Å². The van der Waals surface area contributed by atoms with Gasteiger partial charge in [0.2, 0.25) is 11.6 Å². The lowest BCUT2D eigenvalue weighted by atomic mass is 9.96. The number of rotatable bonds is 0. The Morgan fingerprint density at radius 3 is 2.40 bits per heavy atom. The molecule has 0 atom stereocenters. The summed E-state index contributed by atoms with van der Waals surface area (Å²) in [4.78, 5) is 22.1. The van der Waals surface area contributed by atoms with E-state index < -0.39 is 11.6 Å². The molecule has 1 aliphatic rings. The van der Waals surface area contributed by atoms with Crippen molar-refractivity contribution in [3.63, 3.8) is 0 Å². The van der Waals surface area contributed by atoms with Gasteiger partial charge < -0.3 is 5.11 Å². The first-order valence-corrected chi connectivity index (χ1v) is 4.67. The summed E-state index contributed by atoms with van der Waals surface area (Å²) in [5.41, 5.74) is 1.33. The van der Waals surface area contributed by atoms with Crippen molar-refractivity contribution in [1.82, 2.24) is 0 Å². The van der Waals surface area contributed by atoms with E-state index in [-0.39, 0.29) is 6.61 Å². The Morgan fingerprint density at radius 2 is 1.73 bits per heavy atom. The van der Waals surface area contributed by atoms with E-state index in [0.717, 1.165) is 5.56 Å². The fourth-order valence-electron chi connectivity index (χ4n) is 1.22. The largest absolute Gasteiger partial charge is 0.397 e. The van der Waals surface area contributed by atoms with Crippen LogP contribution in [0.2, 0.25) is 0 Å². The van der Waals surface area contributed by atoms with Crippen LogP contribution in [0.4, 0.5) is 0 Å². The number of hydrogen-bond donors (Lipinski definition) is 1. The Hall–Kier alpha value is -1.74. The third kappa shape index (κ3) is 2.60. The van der Waals surface area contributed by atoms with Crippen LogP contribution in [0, 0.1) is 0 Å². The van der Waals surface area contributed by atoms with Gasteiger partial charge in [-0.2, -0.15) is 0 Å². The second-order valence-electron chi connectivity index (χ2n) is 2.93. The van der Waals surface area contributed by atoms with E-state index in [1.165, 1.54) is 6.08 Å². The van der Waals surface area contributed by atoms with Crippen LogP contribution in [0.1, 0.15) is 22.8 Å². The molecule has 3 heteroatoms. The highest BCUT2D eigenvalue weighted by molar-refractivity contribution is 6.49. The summed E-state index contributed by atoms with van der Waals surface area (Å²) in [5, 5.41) is 7.57. The Balaban J connectivity index is 0.000000337. The minimum Gasteiger partial charge on any atom is -0.397 e. The highest BCUT2D eigenvalue weighted by Crippen LogP contribution is 2.16. The SMILES string of the molecule is CCO.O=C1C=Cc2ccccc2C1=O. The Bertz CT molecular complexity index is 405. The number of Topliss-reactive ketones (excluding diaryl/α,β-unsaturated/α-hetero) is 1. The highest BCUT2D eigenvalue weighted by Gasteiger charge is 2.19. The van der Waals surface area contributed by atoms with Crippen molar-refractivity contribution < 1.29 is 14.7 Å². The number of carbonyl (C=O) groups excluding carboxylic acids is 2. The molecular formula is C12H12O3. The van der Waals surface area contributed by atoms with E-state index in [2.05, 4.69) is 0 Å². The van der Waals surface area contributed by atoms with Gasteiger partial charge >= 0.3 is 0 Å². The van der Waals surface area contributed by atoms with Gasteiger partial charge in [-0.25, -0.2) is 0 Å². The van der Waals surface area contributed by atoms with E-state index >= 15 is 0 Å². The van der Waals surface area contributed by atoms with E-state index in [0.29, 0.717) is 5.56 Å². The molecule has 0 saturated carbocycles. The Labute approximate surface area is 88.0 Å². The quantitative estimate of drug-likeness (QED) is 0.651. The standard InChI is InChI=1S/C10H6O2.C2H6O/c11-9-6-5-7-3-1-2-4-8(7)10(9)12;1-2-3/h1-6H;3H,2H2,1H3. The Kier molecular flexibility index (Phi) is 3.94. The van der Waals surface area contributed by atoms with Crippen LogP contribution >= 0.6 is 0 Å². The van der Waals surface area contributed by atoms with E-state index in [1.54, 1.807) is 25.1 Å². The van der Waals surface area contributed by atoms with Crippen LogP contribution in [0.25, 0.3) is 6.08 Å². The van der Waals surface area contributed by atoms with Gasteiger partial charge in [-0.1, -0.05) is 30.3 Å². The second kappa shape index (κ2) is 5.22. The average Bonchev–Trinajstić information content (AvgIpc) is 2.25. The molecule has 2 rings (SSSR count). The van der Waals surface area contributed by atoms with Gasteiger partial charge in [0.05, 0.1) is 0 Å². The first kappa shape index (κ1) is 11.3. The van der Waals surface area contributed by atoms with Crippen molar-refractivity contribution in [2.24, 2.45) is 0 Å². The lowest BCUT2D eigenvalue weighted by Gasteiger charge is -2.06. The van der Waals surface area contributed by atoms with Gasteiger partial charge in [-0.3, -0.25) is 9.59 Å². The number of benzene rings is 1. The summed E-state index contributed by atoms with van der Waals surface area (Å²) in [6, 6.07) is 7.07. The van der Waals surface area contributed by atoms with Crippen LogP contribution < -0.4 is 0 Å². The zero-order valence-corrected chi connectivity index (χ0v) is 8.43. The molecule has 1 aromatic carbocycles. The maximum Gasteiger partial charge on any atom is 0.233 e. The van der Waals surface area contributed by atoms with Gasteiger partial charge in [0.15, 0.2) is 0 Å². The van der Waals surface area contributed by atoms with E-state index in [4.69, 9.17) is 5.11 Å². The third-order valence-electron chi connectivity index (χ3n) is 1.84. The number of aliphatic hydroxyl groups excluding tert-OH is 1. The van der Waals surface area contributed by atoms with Crippen molar-refractivity contribution >= 4 is 17.6 Å². The topological polar surface area (TPSA) is 54.4 Å². The van der Waals surface area contributed by atoms with Gasteiger partial charge in [0.25, 0.3) is 0 Å². The molecule has 0 radical (unpaired) electrons. The maximum absolute atomic E-state index is 11.2. The molecule has 0 amide bonds. The molecule has 0 saturated heterocycles. The third-order valence-corrected chi connectivity index (χ3v) is 1.84. The van der Waals surface area contributed by atoms with Crippen molar-refractivity contribution in [2.45, 2.75) is 6.92 Å². The fourth-order valence-corrected chi connectivity index (χ4v) is 1.22. The van der Waals surface area contributed by atoms with E-state index in [1.807, 2.05) is 12.1 Å². The monoisotopic (exact) mass is 204 g/mol. The number of fused-ring (bicyclic) bond motifs is 1. The molecule has 0 unspecified atom stereocenters. The maximum atomic E-state index is 11.2. The molecule has 0 heterocycles. The molecule has 1 aliphatic carbocycles. The molecule has 78 valence electrons. The van der Waals surface area contributed by atoms with Crippen molar-refractivity contribution in [1.29, 1.82) is 0 Å². The Morgan fingerprint density at radius 1 is 1.13 bits per heavy atom. The highest BCUT2D eigenvalue weighted by atomic mass is 16.2. The van der Waals surface area contributed by atoms with Crippen LogP contribution in [0.3, 0.4) is 0 Å². The summed E-state index contributed by atoms with van der Waals surface area (Å²) in [5.74, 6) is -0.846. The molecule has 0 bridgehead atoms. The van der Waals surface area contributed by atoms with Gasteiger partial charge in [0.1, 0.15) is 0 Å². The summed E-state index contributed by atoms with van der Waals surface area (Å²) in [7, 11) is 0. The van der Waals surface area contributed by atoms with Gasteiger partial charge in [-0.05, 0) is 18.6 Å². The normalized spacial score (nSPS) is 12.9. The molecule has 15 heavy (non-hydrogen) atoms. The van der Waals surface area contributed by atoms with Crippen LogP contribution in [-0.2, 0) is 4.79 Å². The zero-order valence-electron chi connectivity index (χ0n) is 8.43. The lowest BCUT2D eigenvalue weighted by Crippen LogP contribution is -2.15. The number of carbonyl (C=O) groups is 2. The van der Waals surface area contributed by atoms with Crippen LogP contribution in [0.5, 0.6) is 0 Å². The molecule has 1 N–H and O–H groups in total. The summed E-state index contributed by atoms with van der Waals surface area (Å²) >= 11 is 0. The van der Waals surface area contributed by atoms with Gasteiger partial charge in [0, 0.05) is 12.2 Å². The molecule has 0 aromatic heterocycles. The summed E-state index contributed by atoms with van der Waals surface area (Å²) in [6.07, 6.45) is 2.98. The molecule has 1 aromatic rings. The predicted octanol–water partition coefficient (Wildman–Crippen LogP) is 1.46. The predicted molar refractivity (Wildman–Crippen MR) is 57.6 cm³/mol. The first-order chi connectivity index (χ1) is 7.20. The van der Waals surface area contributed by atoms with Crippen LogP contribution in [0.15, 0.2) is 30.3 Å². The molecular weight excluding hydrogens is 192 g/mol. The number of aliphatic hydroxyl groups is 1. The minimum absolute atomic E-state index is 0.250.